The second-order valence-corrected chi connectivity index (χ2v) is 6.91. The van der Waals surface area contributed by atoms with Crippen molar-refractivity contribution in [1.29, 1.82) is 0 Å². The molecule has 21 heavy (non-hydrogen) atoms. The van der Waals surface area contributed by atoms with Gasteiger partial charge in [-0.05, 0) is 37.5 Å². The van der Waals surface area contributed by atoms with Gasteiger partial charge in [0.25, 0.3) is 0 Å². The van der Waals surface area contributed by atoms with E-state index in [-0.39, 0.29) is 5.91 Å². The van der Waals surface area contributed by atoms with Crippen LogP contribution in [0.25, 0.3) is 0 Å². The van der Waals surface area contributed by atoms with E-state index >= 15 is 0 Å². The second-order valence-electron chi connectivity index (χ2n) is 5.41. The molecule has 1 amide bonds. The molecule has 0 spiro atoms. The Morgan fingerprint density at radius 2 is 2.10 bits per heavy atom. The maximum Gasteiger partial charge on any atom is 0.227 e. The molecule has 110 valence electrons. The number of amides is 1. The van der Waals surface area contributed by atoms with Crippen molar-refractivity contribution in [3.8, 4) is 0 Å². The molecule has 0 radical (unpaired) electrons. The Bertz CT molecular complexity index is 634. The Morgan fingerprint density at radius 3 is 2.67 bits per heavy atom. The van der Waals surface area contributed by atoms with Crippen LogP contribution in [0.3, 0.4) is 0 Å². The van der Waals surface area contributed by atoms with Crippen LogP contribution in [0.5, 0.6) is 0 Å². The summed E-state index contributed by atoms with van der Waals surface area (Å²) in [4.78, 5) is 19.0. The first-order valence-electron chi connectivity index (χ1n) is 7.07. The fraction of sp³-hybridized carbons (Fsp3) is 0.375. The number of hydrogen-bond acceptors (Lipinski definition) is 3. The Morgan fingerprint density at radius 1 is 1.38 bits per heavy atom. The van der Waals surface area contributed by atoms with E-state index in [9.17, 15) is 4.79 Å². The Kier molecular flexibility index (Phi) is 4.27. The van der Waals surface area contributed by atoms with E-state index < -0.39 is 0 Å². The molecule has 1 aliphatic rings. The van der Waals surface area contributed by atoms with Crippen molar-refractivity contribution in [2.24, 2.45) is 0 Å². The highest BCUT2D eigenvalue weighted by molar-refractivity contribution is 7.09. The molecule has 0 atom stereocenters. The number of carbonyl (C=O) groups excluding carboxylic acids is 1. The minimum Gasteiger partial charge on any atom is -0.333 e. The van der Waals surface area contributed by atoms with Crippen LogP contribution >= 0.6 is 22.9 Å². The average molecular weight is 321 g/mol. The smallest absolute Gasteiger partial charge is 0.227 e. The SMILES string of the molecule is Cc1nc(CN(C(=O)Cc2ccc(Cl)cc2)C2CC2)cs1. The molecule has 1 heterocycles. The van der Waals surface area contributed by atoms with E-state index in [1.807, 2.05) is 41.5 Å². The van der Waals surface area contributed by atoms with Crippen LogP contribution in [0.1, 0.15) is 29.1 Å². The predicted octanol–water partition coefficient (Wildman–Crippen LogP) is 3.84. The van der Waals surface area contributed by atoms with Crippen LogP contribution in [0, 0.1) is 6.92 Å². The third-order valence-corrected chi connectivity index (χ3v) is 4.65. The fourth-order valence-corrected chi connectivity index (χ4v) is 3.07. The van der Waals surface area contributed by atoms with Crippen molar-refractivity contribution in [1.82, 2.24) is 9.88 Å². The number of aromatic nitrogens is 1. The zero-order valence-electron chi connectivity index (χ0n) is 11.9. The van der Waals surface area contributed by atoms with Crippen molar-refractivity contribution in [3.05, 3.63) is 50.9 Å². The van der Waals surface area contributed by atoms with Gasteiger partial charge in [0.2, 0.25) is 5.91 Å². The van der Waals surface area contributed by atoms with Gasteiger partial charge in [-0.15, -0.1) is 11.3 Å². The van der Waals surface area contributed by atoms with Gasteiger partial charge in [0.05, 0.1) is 23.7 Å². The average Bonchev–Trinajstić information content (AvgIpc) is 3.21. The van der Waals surface area contributed by atoms with Crippen LogP contribution in [0.4, 0.5) is 0 Å². The van der Waals surface area contributed by atoms with Gasteiger partial charge in [0, 0.05) is 16.4 Å². The van der Waals surface area contributed by atoms with E-state index in [0.29, 0.717) is 24.0 Å². The summed E-state index contributed by atoms with van der Waals surface area (Å²) in [6.45, 7) is 2.62. The van der Waals surface area contributed by atoms with E-state index in [1.54, 1.807) is 11.3 Å². The summed E-state index contributed by atoms with van der Waals surface area (Å²) in [7, 11) is 0. The Balaban J connectivity index is 1.68. The molecule has 5 heteroatoms. The molecule has 1 fully saturated rings. The molecule has 0 bridgehead atoms. The maximum absolute atomic E-state index is 12.6. The highest BCUT2D eigenvalue weighted by Crippen LogP contribution is 2.29. The number of benzene rings is 1. The number of halogens is 1. The van der Waals surface area contributed by atoms with E-state index in [2.05, 4.69) is 4.98 Å². The molecule has 0 unspecified atom stereocenters. The van der Waals surface area contributed by atoms with Crippen LogP contribution in [0.2, 0.25) is 5.02 Å². The number of rotatable bonds is 5. The van der Waals surface area contributed by atoms with Gasteiger partial charge < -0.3 is 4.90 Å². The standard InChI is InChI=1S/C16H17ClN2OS/c1-11-18-14(10-21-11)9-19(15-6-7-15)16(20)8-12-2-4-13(17)5-3-12/h2-5,10,15H,6-9H2,1H3. The molecule has 1 aromatic heterocycles. The largest absolute Gasteiger partial charge is 0.333 e. The molecule has 1 saturated carbocycles. The fourth-order valence-electron chi connectivity index (χ4n) is 2.34. The number of aryl methyl sites for hydroxylation is 1. The van der Waals surface area contributed by atoms with Gasteiger partial charge >= 0.3 is 0 Å². The topological polar surface area (TPSA) is 33.2 Å². The van der Waals surface area contributed by atoms with Crippen LogP contribution in [-0.2, 0) is 17.8 Å². The first-order chi connectivity index (χ1) is 10.1. The van der Waals surface area contributed by atoms with Crippen LogP contribution < -0.4 is 0 Å². The van der Waals surface area contributed by atoms with Crippen molar-refractivity contribution in [2.45, 2.75) is 38.8 Å². The van der Waals surface area contributed by atoms with E-state index in [0.717, 1.165) is 29.1 Å². The Labute approximate surface area is 133 Å². The molecule has 0 aliphatic heterocycles. The summed E-state index contributed by atoms with van der Waals surface area (Å²) < 4.78 is 0. The van der Waals surface area contributed by atoms with Crippen molar-refractivity contribution in [2.75, 3.05) is 0 Å². The lowest BCUT2D eigenvalue weighted by Crippen LogP contribution is -2.33. The van der Waals surface area contributed by atoms with Gasteiger partial charge in [0.1, 0.15) is 0 Å². The van der Waals surface area contributed by atoms with Gasteiger partial charge in [-0.2, -0.15) is 0 Å². The molecular formula is C16H17ClN2OS. The zero-order chi connectivity index (χ0) is 14.8. The summed E-state index contributed by atoms with van der Waals surface area (Å²) in [5.41, 5.74) is 2.00. The van der Waals surface area contributed by atoms with Crippen molar-refractivity contribution in [3.63, 3.8) is 0 Å². The number of hydrogen-bond donors (Lipinski definition) is 0. The first kappa shape index (κ1) is 14.5. The van der Waals surface area contributed by atoms with Gasteiger partial charge in [-0.3, -0.25) is 4.79 Å². The third-order valence-electron chi connectivity index (χ3n) is 3.58. The molecule has 0 saturated heterocycles. The lowest BCUT2D eigenvalue weighted by molar-refractivity contribution is -0.131. The number of thiazole rings is 1. The number of nitrogens with zero attached hydrogens (tertiary/aromatic N) is 2. The molecule has 2 aromatic rings. The summed E-state index contributed by atoms with van der Waals surface area (Å²) in [6, 6.07) is 7.88. The Hall–Kier alpha value is -1.39. The molecular weight excluding hydrogens is 304 g/mol. The lowest BCUT2D eigenvalue weighted by atomic mass is 10.1. The highest BCUT2D eigenvalue weighted by atomic mass is 35.5. The monoisotopic (exact) mass is 320 g/mol. The minimum absolute atomic E-state index is 0.172. The minimum atomic E-state index is 0.172. The maximum atomic E-state index is 12.6. The zero-order valence-corrected chi connectivity index (χ0v) is 13.5. The molecule has 0 N–H and O–H groups in total. The van der Waals surface area contributed by atoms with Crippen molar-refractivity contribution < 1.29 is 4.79 Å². The molecule has 3 rings (SSSR count). The normalized spacial score (nSPS) is 14.2. The summed E-state index contributed by atoms with van der Waals surface area (Å²) in [6.07, 6.45) is 2.64. The first-order valence-corrected chi connectivity index (χ1v) is 8.32. The quantitative estimate of drug-likeness (QED) is 0.838. The molecule has 1 aliphatic carbocycles. The molecule has 3 nitrogen and oxygen atoms in total. The predicted molar refractivity (Wildman–Crippen MR) is 85.6 cm³/mol. The summed E-state index contributed by atoms with van der Waals surface area (Å²) >= 11 is 7.51. The van der Waals surface area contributed by atoms with Crippen LogP contribution in [-0.4, -0.2) is 21.8 Å². The van der Waals surface area contributed by atoms with E-state index in [1.165, 1.54) is 0 Å². The molecule has 1 aromatic carbocycles. The number of carbonyl (C=O) groups is 1. The van der Waals surface area contributed by atoms with E-state index in [4.69, 9.17) is 11.6 Å². The summed E-state index contributed by atoms with van der Waals surface area (Å²) in [5.74, 6) is 0.172. The van der Waals surface area contributed by atoms with Gasteiger partial charge in [-0.1, -0.05) is 23.7 Å². The van der Waals surface area contributed by atoms with Crippen molar-refractivity contribution >= 4 is 28.8 Å². The highest BCUT2D eigenvalue weighted by Gasteiger charge is 2.32. The van der Waals surface area contributed by atoms with Gasteiger partial charge in [0.15, 0.2) is 0 Å². The summed E-state index contributed by atoms with van der Waals surface area (Å²) in [5, 5.41) is 3.79. The van der Waals surface area contributed by atoms with Gasteiger partial charge in [-0.25, -0.2) is 4.98 Å². The van der Waals surface area contributed by atoms with Crippen LogP contribution in [0.15, 0.2) is 29.6 Å². The third kappa shape index (κ3) is 3.83. The lowest BCUT2D eigenvalue weighted by Gasteiger charge is -2.21. The second kappa shape index (κ2) is 6.16.